The Labute approximate surface area is 117 Å². The van der Waals surface area contributed by atoms with Gasteiger partial charge in [-0.25, -0.2) is 0 Å². The Bertz CT molecular complexity index is 373. The summed E-state index contributed by atoms with van der Waals surface area (Å²) in [7, 11) is 0. The van der Waals surface area contributed by atoms with Gasteiger partial charge in [-0.05, 0) is 32.2 Å². The predicted octanol–water partition coefficient (Wildman–Crippen LogP) is 2.63. The van der Waals surface area contributed by atoms with Crippen molar-refractivity contribution in [2.45, 2.75) is 50.7 Å². The summed E-state index contributed by atoms with van der Waals surface area (Å²) < 4.78 is 37.4. The summed E-state index contributed by atoms with van der Waals surface area (Å²) in [6, 6.07) is 0.388. The van der Waals surface area contributed by atoms with Gasteiger partial charge in [0.25, 0.3) is 0 Å². The van der Waals surface area contributed by atoms with Gasteiger partial charge < -0.3 is 10.2 Å². The molecule has 0 radical (unpaired) electrons. The van der Waals surface area contributed by atoms with Crippen molar-refractivity contribution in [2.75, 3.05) is 19.6 Å². The quantitative estimate of drug-likeness (QED) is 0.810. The molecule has 2 aliphatic rings. The molecule has 0 bridgehead atoms. The number of carbonyl (C=O) groups is 1. The zero-order chi connectivity index (χ0) is 14.6. The highest BCUT2D eigenvalue weighted by Gasteiger charge is 2.35. The van der Waals surface area contributed by atoms with E-state index in [1.165, 1.54) is 17.7 Å². The lowest BCUT2D eigenvalue weighted by Crippen LogP contribution is -2.39. The number of nitrogens with one attached hydrogen (secondary N) is 1. The number of amides is 1. The molecule has 1 amide bonds. The smallest absolute Gasteiger partial charge is 0.339 e. The maximum atomic E-state index is 12.5. The lowest BCUT2D eigenvalue weighted by atomic mass is 10.00. The van der Waals surface area contributed by atoms with E-state index in [2.05, 4.69) is 5.32 Å². The number of hydrogen-bond acceptors (Lipinski definition) is 2. The lowest BCUT2D eigenvalue weighted by Gasteiger charge is -2.28. The van der Waals surface area contributed by atoms with Crippen LogP contribution in [0.3, 0.4) is 0 Å². The van der Waals surface area contributed by atoms with Gasteiger partial charge in [0, 0.05) is 31.1 Å². The molecule has 3 nitrogen and oxygen atoms in total. The van der Waals surface area contributed by atoms with Crippen LogP contribution in [0.4, 0.5) is 13.2 Å². The first-order valence-electron chi connectivity index (χ1n) is 7.24. The highest BCUT2D eigenvalue weighted by molar-refractivity contribution is 5.76. The van der Waals surface area contributed by atoms with E-state index >= 15 is 0 Å². The van der Waals surface area contributed by atoms with E-state index in [4.69, 9.17) is 0 Å². The van der Waals surface area contributed by atoms with Crippen LogP contribution in [0.1, 0.15) is 38.5 Å². The first-order valence-corrected chi connectivity index (χ1v) is 7.24. The van der Waals surface area contributed by atoms with Gasteiger partial charge in [0.05, 0.1) is 0 Å². The fourth-order valence-corrected chi connectivity index (χ4v) is 2.78. The number of piperidine rings is 1. The molecule has 0 aromatic rings. The molecule has 2 aliphatic heterocycles. The second-order valence-corrected chi connectivity index (χ2v) is 5.50. The van der Waals surface area contributed by atoms with Crippen molar-refractivity contribution in [3.63, 3.8) is 0 Å². The minimum atomic E-state index is -4.25. The van der Waals surface area contributed by atoms with Gasteiger partial charge in [0.2, 0.25) is 5.91 Å². The Morgan fingerprint density at radius 3 is 2.75 bits per heavy atom. The molecule has 2 rings (SSSR count). The van der Waals surface area contributed by atoms with E-state index in [1.807, 2.05) is 0 Å². The van der Waals surface area contributed by atoms with Crippen LogP contribution in [0.15, 0.2) is 11.6 Å². The number of nitrogens with zero attached hydrogens (tertiary/aromatic N) is 1. The van der Waals surface area contributed by atoms with Gasteiger partial charge in [-0.15, -0.1) is 0 Å². The largest absolute Gasteiger partial charge is 0.412 e. The molecule has 0 aromatic heterocycles. The molecule has 1 fully saturated rings. The SMILES string of the molecule is O=C(CCC1CCCCN1)N1CC=C(C(F)(F)F)CC1. The molecule has 0 saturated carbocycles. The van der Waals surface area contributed by atoms with Crippen molar-refractivity contribution in [1.29, 1.82) is 0 Å². The molecule has 1 saturated heterocycles. The minimum absolute atomic E-state index is 0.0325. The molecule has 2 heterocycles. The maximum absolute atomic E-state index is 12.5. The number of carbonyl (C=O) groups excluding carboxylic acids is 1. The zero-order valence-electron chi connectivity index (χ0n) is 11.5. The second kappa shape index (κ2) is 6.61. The fourth-order valence-electron chi connectivity index (χ4n) is 2.78. The molecular formula is C14H21F3N2O. The summed E-state index contributed by atoms with van der Waals surface area (Å²) >= 11 is 0. The van der Waals surface area contributed by atoms with Crippen LogP contribution in [-0.2, 0) is 4.79 Å². The van der Waals surface area contributed by atoms with E-state index in [-0.39, 0.29) is 25.4 Å². The third-order valence-electron chi connectivity index (χ3n) is 4.04. The van der Waals surface area contributed by atoms with Crippen molar-refractivity contribution in [1.82, 2.24) is 10.2 Å². The summed E-state index contributed by atoms with van der Waals surface area (Å²) in [6.45, 7) is 1.27. The Balaban J connectivity index is 1.75. The summed E-state index contributed by atoms with van der Waals surface area (Å²) in [5.41, 5.74) is -0.504. The number of rotatable bonds is 3. The molecule has 0 spiro atoms. The van der Waals surface area contributed by atoms with Crippen molar-refractivity contribution in [2.24, 2.45) is 0 Å². The summed E-state index contributed by atoms with van der Waals surface area (Å²) in [5.74, 6) is -0.0325. The van der Waals surface area contributed by atoms with Crippen molar-refractivity contribution in [3.8, 4) is 0 Å². The minimum Gasteiger partial charge on any atom is -0.339 e. The molecule has 20 heavy (non-hydrogen) atoms. The number of hydrogen-bond donors (Lipinski definition) is 1. The molecule has 114 valence electrons. The average molecular weight is 290 g/mol. The molecular weight excluding hydrogens is 269 g/mol. The van der Waals surface area contributed by atoms with Gasteiger partial charge in [0.15, 0.2) is 0 Å². The lowest BCUT2D eigenvalue weighted by molar-refractivity contribution is -0.132. The van der Waals surface area contributed by atoms with Gasteiger partial charge >= 0.3 is 6.18 Å². The zero-order valence-corrected chi connectivity index (χ0v) is 11.5. The summed E-state index contributed by atoms with van der Waals surface area (Å²) in [5, 5.41) is 3.37. The predicted molar refractivity (Wildman–Crippen MR) is 70.2 cm³/mol. The maximum Gasteiger partial charge on any atom is 0.412 e. The molecule has 0 aliphatic carbocycles. The standard InChI is InChI=1S/C14H21F3N2O/c15-14(16,17)11-6-9-19(10-7-11)13(20)5-4-12-3-1-2-8-18-12/h6,12,18H,1-5,7-10H2. The van der Waals surface area contributed by atoms with E-state index in [9.17, 15) is 18.0 Å². The van der Waals surface area contributed by atoms with E-state index < -0.39 is 11.7 Å². The van der Waals surface area contributed by atoms with E-state index in [0.717, 1.165) is 25.5 Å². The van der Waals surface area contributed by atoms with Crippen molar-refractivity contribution >= 4 is 5.91 Å². The summed E-state index contributed by atoms with van der Waals surface area (Å²) in [6.07, 6.45) is 1.47. The molecule has 1 unspecified atom stereocenters. The normalized spacial score (nSPS) is 24.4. The monoisotopic (exact) mass is 290 g/mol. The molecule has 1 atom stereocenters. The van der Waals surface area contributed by atoms with Crippen LogP contribution in [0.2, 0.25) is 0 Å². The van der Waals surface area contributed by atoms with Crippen LogP contribution in [0.25, 0.3) is 0 Å². The van der Waals surface area contributed by atoms with Gasteiger partial charge in [-0.3, -0.25) is 4.79 Å². The Kier molecular flexibility index (Phi) is 5.07. The van der Waals surface area contributed by atoms with Crippen LogP contribution < -0.4 is 5.32 Å². The van der Waals surface area contributed by atoms with Crippen molar-refractivity contribution < 1.29 is 18.0 Å². The topological polar surface area (TPSA) is 32.3 Å². The molecule has 0 aromatic carbocycles. The number of alkyl halides is 3. The fraction of sp³-hybridized carbons (Fsp3) is 0.786. The second-order valence-electron chi connectivity index (χ2n) is 5.50. The molecule has 1 N–H and O–H groups in total. The van der Waals surface area contributed by atoms with Gasteiger partial charge in [-0.1, -0.05) is 12.5 Å². The van der Waals surface area contributed by atoms with Crippen LogP contribution >= 0.6 is 0 Å². The Hall–Kier alpha value is -1.04. The van der Waals surface area contributed by atoms with E-state index in [0.29, 0.717) is 12.5 Å². The van der Waals surface area contributed by atoms with Gasteiger partial charge in [0.1, 0.15) is 0 Å². The highest BCUT2D eigenvalue weighted by atomic mass is 19.4. The van der Waals surface area contributed by atoms with Crippen LogP contribution in [0.5, 0.6) is 0 Å². The Morgan fingerprint density at radius 2 is 2.20 bits per heavy atom. The third kappa shape index (κ3) is 4.23. The van der Waals surface area contributed by atoms with Gasteiger partial charge in [-0.2, -0.15) is 13.2 Å². The first-order chi connectivity index (χ1) is 9.47. The summed E-state index contributed by atoms with van der Waals surface area (Å²) in [4.78, 5) is 13.5. The average Bonchev–Trinajstić information content (AvgIpc) is 2.45. The Morgan fingerprint density at radius 1 is 1.40 bits per heavy atom. The first kappa shape index (κ1) is 15.4. The highest BCUT2D eigenvalue weighted by Crippen LogP contribution is 2.30. The number of halogens is 3. The third-order valence-corrected chi connectivity index (χ3v) is 4.04. The van der Waals surface area contributed by atoms with Crippen LogP contribution in [0, 0.1) is 0 Å². The van der Waals surface area contributed by atoms with Crippen LogP contribution in [-0.4, -0.2) is 42.7 Å². The molecule has 6 heteroatoms. The van der Waals surface area contributed by atoms with Crippen molar-refractivity contribution in [3.05, 3.63) is 11.6 Å². The van der Waals surface area contributed by atoms with E-state index in [1.54, 1.807) is 0 Å².